The second kappa shape index (κ2) is 7.99. The first-order valence-corrected chi connectivity index (χ1v) is 9.23. The summed E-state index contributed by atoms with van der Waals surface area (Å²) >= 11 is 0. The smallest absolute Gasteiger partial charge is 0.258 e. The van der Waals surface area contributed by atoms with Crippen molar-refractivity contribution in [3.63, 3.8) is 0 Å². The molecule has 5 nitrogen and oxygen atoms in total. The van der Waals surface area contributed by atoms with Crippen LogP contribution in [0.5, 0.6) is 5.75 Å². The second-order valence-electron chi connectivity index (χ2n) is 6.67. The molecule has 1 fully saturated rings. The topological polar surface area (TPSA) is 64.1 Å². The van der Waals surface area contributed by atoms with Gasteiger partial charge in [0, 0.05) is 29.7 Å². The van der Waals surface area contributed by atoms with E-state index in [1.54, 1.807) is 12.4 Å². The number of anilines is 1. The number of hydrogen-bond donors (Lipinski definition) is 1. The molecule has 1 aromatic heterocycles. The molecule has 0 atom stereocenters. The van der Waals surface area contributed by atoms with Crippen molar-refractivity contribution >= 4 is 11.6 Å². The average Bonchev–Trinajstić information content (AvgIpc) is 3.22. The first kappa shape index (κ1) is 17.2. The van der Waals surface area contributed by atoms with E-state index in [-0.39, 0.29) is 12.0 Å². The van der Waals surface area contributed by atoms with Crippen molar-refractivity contribution in [2.75, 3.05) is 5.32 Å². The summed E-state index contributed by atoms with van der Waals surface area (Å²) < 4.78 is 5.99. The molecule has 0 saturated heterocycles. The van der Waals surface area contributed by atoms with Gasteiger partial charge in [0.1, 0.15) is 5.75 Å². The fraction of sp³-hybridized carbons (Fsp3) is 0.227. The molecular formula is C22H21N3O2. The van der Waals surface area contributed by atoms with Crippen molar-refractivity contribution in [3.8, 4) is 17.1 Å². The van der Waals surface area contributed by atoms with E-state index in [9.17, 15) is 4.79 Å². The third-order valence-electron chi connectivity index (χ3n) is 4.64. The number of amides is 1. The van der Waals surface area contributed by atoms with E-state index in [0.29, 0.717) is 17.1 Å². The van der Waals surface area contributed by atoms with Crippen LogP contribution in [0, 0.1) is 0 Å². The summed E-state index contributed by atoms with van der Waals surface area (Å²) in [5.41, 5.74) is 2.03. The van der Waals surface area contributed by atoms with E-state index in [1.165, 1.54) is 12.8 Å². The summed E-state index contributed by atoms with van der Waals surface area (Å²) in [6.45, 7) is 0. The molecule has 1 N–H and O–H groups in total. The SMILES string of the molecule is O=C(Nc1cccc(OC2CCCC2)c1)c1cnc(-c2ccccc2)nc1. The van der Waals surface area contributed by atoms with Gasteiger partial charge in [-0.2, -0.15) is 0 Å². The van der Waals surface area contributed by atoms with Crippen molar-refractivity contribution in [1.82, 2.24) is 9.97 Å². The summed E-state index contributed by atoms with van der Waals surface area (Å²) in [5, 5.41) is 2.88. The number of nitrogens with one attached hydrogen (secondary N) is 1. The zero-order valence-corrected chi connectivity index (χ0v) is 15.0. The van der Waals surface area contributed by atoms with E-state index in [2.05, 4.69) is 15.3 Å². The van der Waals surface area contributed by atoms with E-state index in [4.69, 9.17) is 4.74 Å². The Labute approximate surface area is 158 Å². The molecule has 0 radical (unpaired) electrons. The molecule has 1 amide bonds. The highest BCUT2D eigenvalue weighted by Crippen LogP contribution is 2.26. The molecule has 5 heteroatoms. The quantitative estimate of drug-likeness (QED) is 0.716. The van der Waals surface area contributed by atoms with Crippen LogP contribution in [-0.2, 0) is 0 Å². The van der Waals surface area contributed by atoms with Crippen molar-refractivity contribution < 1.29 is 9.53 Å². The lowest BCUT2D eigenvalue weighted by Crippen LogP contribution is -2.14. The Balaban J connectivity index is 1.43. The Kier molecular flexibility index (Phi) is 5.10. The highest BCUT2D eigenvalue weighted by atomic mass is 16.5. The number of benzene rings is 2. The zero-order chi connectivity index (χ0) is 18.5. The summed E-state index contributed by atoms with van der Waals surface area (Å²) in [5.74, 6) is 1.14. The molecular weight excluding hydrogens is 338 g/mol. The largest absolute Gasteiger partial charge is 0.490 e. The lowest BCUT2D eigenvalue weighted by Gasteiger charge is -2.14. The van der Waals surface area contributed by atoms with Crippen molar-refractivity contribution in [2.45, 2.75) is 31.8 Å². The number of carbonyl (C=O) groups excluding carboxylic acids is 1. The van der Waals surface area contributed by atoms with Crippen LogP contribution in [-0.4, -0.2) is 22.0 Å². The molecule has 0 aliphatic heterocycles. The molecule has 27 heavy (non-hydrogen) atoms. The van der Waals surface area contributed by atoms with Gasteiger partial charge in [-0.15, -0.1) is 0 Å². The third-order valence-corrected chi connectivity index (χ3v) is 4.64. The predicted molar refractivity (Wildman–Crippen MR) is 105 cm³/mol. The first-order chi connectivity index (χ1) is 13.3. The maximum Gasteiger partial charge on any atom is 0.258 e. The van der Waals surface area contributed by atoms with Gasteiger partial charge in [0.25, 0.3) is 5.91 Å². The Bertz CT molecular complexity index is 904. The van der Waals surface area contributed by atoms with Crippen LogP contribution in [0.1, 0.15) is 36.0 Å². The van der Waals surface area contributed by atoms with Crippen LogP contribution < -0.4 is 10.1 Å². The summed E-state index contributed by atoms with van der Waals surface area (Å²) in [6, 6.07) is 17.2. The second-order valence-corrected chi connectivity index (χ2v) is 6.67. The van der Waals surface area contributed by atoms with Crippen molar-refractivity contribution in [1.29, 1.82) is 0 Å². The van der Waals surface area contributed by atoms with Crippen LogP contribution in [0.4, 0.5) is 5.69 Å². The number of ether oxygens (including phenoxy) is 1. The number of nitrogens with zero attached hydrogens (tertiary/aromatic N) is 2. The van der Waals surface area contributed by atoms with Crippen molar-refractivity contribution in [3.05, 3.63) is 72.6 Å². The summed E-state index contributed by atoms with van der Waals surface area (Å²) in [4.78, 5) is 21.1. The highest BCUT2D eigenvalue weighted by Gasteiger charge is 2.16. The maximum absolute atomic E-state index is 12.5. The van der Waals surface area contributed by atoms with E-state index < -0.39 is 0 Å². The monoisotopic (exact) mass is 359 g/mol. The predicted octanol–water partition coefficient (Wildman–Crippen LogP) is 4.72. The maximum atomic E-state index is 12.5. The van der Waals surface area contributed by atoms with Gasteiger partial charge in [0.15, 0.2) is 5.82 Å². The Hall–Kier alpha value is -3.21. The van der Waals surface area contributed by atoms with E-state index in [0.717, 1.165) is 24.2 Å². The number of hydrogen-bond acceptors (Lipinski definition) is 4. The molecule has 1 heterocycles. The normalized spacial score (nSPS) is 14.1. The van der Waals surface area contributed by atoms with Crippen LogP contribution in [0.15, 0.2) is 67.0 Å². The molecule has 4 rings (SSSR count). The molecule has 0 spiro atoms. The van der Waals surface area contributed by atoms with Crippen molar-refractivity contribution in [2.24, 2.45) is 0 Å². The fourth-order valence-electron chi connectivity index (χ4n) is 3.23. The van der Waals surface area contributed by atoms with Crippen LogP contribution in [0.2, 0.25) is 0 Å². The number of carbonyl (C=O) groups is 1. The van der Waals surface area contributed by atoms with Gasteiger partial charge >= 0.3 is 0 Å². The van der Waals surface area contributed by atoms with Gasteiger partial charge in [0.05, 0.1) is 11.7 Å². The average molecular weight is 359 g/mol. The van der Waals surface area contributed by atoms with Crippen LogP contribution in [0.3, 0.4) is 0 Å². The minimum Gasteiger partial charge on any atom is -0.490 e. The molecule has 0 unspecified atom stereocenters. The standard InChI is InChI=1S/C22H21N3O2/c26-22(17-14-23-21(24-15-17)16-7-2-1-3-8-16)25-18-9-6-12-20(13-18)27-19-10-4-5-11-19/h1-3,6-9,12-15,19H,4-5,10-11H2,(H,25,26). The van der Waals surface area contributed by atoms with Gasteiger partial charge in [-0.3, -0.25) is 4.79 Å². The first-order valence-electron chi connectivity index (χ1n) is 9.23. The van der Waals surface area contributed by atoms with E-state index in [1.807, 2.05) is 54.6 Å². The minimum absolute atomic E-state index is 0.243. The summed E-state index contributed by atoms with van der Waals surface area (Å²) in [6.07, 6.45) is 8.02. The molecule has 1 aliphatic carbocycles. The van der Waals surface area contributed by atoms with Gasteiger partial charge in [-0.25, -0.2) is 9.97 Å². The Morgan fingerprint density at radius 3 is 2.44 bits per heavy atom. The molecule has 0 bridgehead atoms. The van der Waals surface area contributed by atoms with Gasteiger partial charge in [-0.1, -0.05) is 36.4 Å². The van der Waals surface area contributed by atoms with Crippen LogP contribution >= 0.6 is 0 Å². The lowest BCUT2D eigenvalue weighted by atomic mass is 10.2. The van der Waals surface area contributed by atoms with E-state index >= 15 is 0 Å². The Morgan fingerprint density at radius 1 is 0.963 bits per heavy atom. The molecule has 2 aromatic carbocycles. The third kappa shape index (κ3) is 4.31. The molecule has 3 aromatic rings. The molecule has 1 aliphatic rings. The molecule has 136 valence electrons. The van der Waals surface area contributed by atoms with Gasteiger partial charge in [0.2, 0.25) is 0 Å². The van der Waals surface area contributed by atoms with Crippen LogP contribution in [0.25, 0.3) is 11.4 Å². The fourth-order valence-corrected chi connectivity index (χ4v) is 3.23. The molecule has 1 saturated carbocycles. The number of rotatable bonds is 5. The lowest BCUT2D eigenvalue weighted by molar-refractivity contribution is 0.102. The zero-order valence-electron chi connectivity index (χ0n) is 15.0. The summed E-state index contributed by atoms with van der Waals surface area (Å²) in [7, 11) is 0. The van der Waals surface area contributed by atoms with Gasteiger partial charge in [-0.05, 0) is 37.8 Å². The minimum atomic E-state index is -0.243. The van der Waals surface area contributed by atoms with Gasteiger partial charge < -0.3 is 10.1 Å². The Morgan fingerprint density at radius 2 is 1.70 bits per heavy atom. The number of aromatic nitrogens is 2. The highest BCUT2D eigenvalue weighted by molar-refractivity contribution is 6.04.